The fourth-order valence-electron chi connectivity index (χ4n) is 5.13. The van der Waals surface area contributed by atoms with Crippen LogP contribution in [0.2, 0.25) is 0 Å². The molecule has 2 heterocycles. The zero-order valence-corrected chi connectivity index (χ0v) is 26.0. The average Bonchev–Trinajstić information content (AvgIpc) is 3.06. The van der Waals surface area contributed by atoms with Crippen LogP contribution in [0.5, 0.6) is 17.2 Å². The molecule has 5 rings (SSSR count). The molecule has 4 aromatic rings. The third-order valence-corrected chi connectivity index (χ3v) is 7.70. The number of phenols is 1. The molecule has 0 radical (unpaired) electrons. The fraction of sp³-hybridized carbons (Fsp3) is 0.278. The van der Waals surface area contributed by atoms with Gasteiger partial charge in [-0.15, -0.1) is 0 Å². The Bertz CT molecular complexity index is 1840. The van der Waals surface area contributed by atoms with E-state index in [0.29, 0.717) is 28.9 Å². The molecule has 11 nitrogen and oxygen atoms in total. The summed E-state index contributed by atoms with van der Waals surface area (Å²) in [7, 11) is 1.60. The highest BCUT2D eigenvalue weighted by Gasteiger charge is 2.47. The number of allylic oxidation sites excluding steroid dienone is 2. The predicted molar refractivity (Wildman–Crippen MR) is 173 cm³/mol. The van der Waals surface area contributed by atoms with Crippen molar-refractivity contribution >= 4 is 23.0 Å². The number of aromatic hydroxyl groups is 1. The van der Waals surface area contributed by atoms with Crippen LogP contribution >= 0.6 is 0 Å². The van der Waals surface area contributed by atoms with Crippen molar-refractivity contribution in [2.24, 2.45) is 0 Å². The van der Waals surface area contributed by atoms with E-state index in [1.807, 2.05) is 26.0 Å². The van der Waals surface area contributed by atoms with Crippen LogP contribution in [0.3, 0.4) is 0 Å². The smallest absolute Gasteiger partial charge is 0.331 e. The quantitative estimate of drug-likeness (QED) is 0.111. The van der Waals surface area contributed by atoms with Gasteiger partial charge in [-0.3, -0.25) is 4.79 Å². The van der Waals surface area contributed by atoms with Crippen LogP contribution in [0.15, 0.2) is 93.9 Å². The highest BCUT2D eigenvalue weighted by molar-refractivity contribution is 5.87. The third-order valence-electron chi connectivity index (χ3n) is 7.70. The number of rotatable bonds is 10. The second kappa shape index (κ2) is 14.7. The number of hydrogen-bond acceptors (Lipinski definition) is 11. The first-order chi connectivity index (χ1) is 22.6. The number of carbonyl (C=O) groups excluding carboxylic acids is 1. The lowest BCUT2D eigenvalue weighted by molar-refractivity contribution is -0.281. The Morgan fingerprint density at radius 2 is 1.77 bits per heavy atom. The van der Waals surface area contributed by atoms with Gasteiger partial charge >= 0.3 is 5.97 Å². The van der Waals surface area contributed by atoms with E-state index in [1.165, 1.54) is 42.7 Å². The topological polar surface area (TPSA) is 165 Å². The van der Waals surface area contributed by atoms with Crippen molar-refractivity contribution in [3.8, 4) is 28.4 Å². The molecule has 1 fully saturated rings. The molecular weight excluding hydrogens is 608 g/mol. The monoisotopic (exact) mass is 644 g/mol. The lowest BCUT2D eigenvalue weighted by Gasteiger charge is -2.41. The highest BCUT2D eigenvalue weighted by atomic mass is 16.7. The number of phenolic OH excluding ortho intramolecular Hbond substituents is 1. The maximum atomic E-state index is 13.5. The Kier molecular flexibility index (Phi) is 10.4. The van der Waals surface area contributed by atoms with Crippen molar-refractivity contribution in [3.63, 3.8) is 0 Å². The van der Waals surface area contributed by atoms with Crippen molar-refractivity contribution in [2.45, 2.75) is 51.0 Å². The summed E-state index contributed by atoms with van der Waals surface area (Å²) in [5, 5.41) is 40.7. The number of hydrogen-bond donors (Lipinski definition) is 4. The number of aliphatic hydroxyl groups is 3. The van der Waals surface area contributed by atoms with Crippen molar-refractivity contribution < 1.29 is 48.6 Å². The average molecular weight is 645 g/mol. The molecule has 1 aliphatic heterocycles. The number of esters is 1. The molecule has 0 aliphatic carbocycles. The fourth-order valence-corrected chi connectivity index (χ4v) is 5.13. The van der Waals surface area contributed by atoms with Crippen molar-refractivity contribution in [1.29, 1.82) is 0 Å². The van der Waals surface area contributed by atoms with Gasteiger partial charge in [0.15, 0.2) is 11.5 Å². The molecule has 1 aromatic heterocycles. The van der Waals surface area contributed by atoms with Gasteiger partial charge in [0, 0.05) is 12.1 Å². The zero-order chi connectivity index (χ0) is 33.7. The van der Waals surface area contributed by atoms with E-state index in [4.69, 9.17) is 23.4 Å². The lowest BCUT2D eigenvalue weighted by atomic mass is 9.99. The van der Waals surface area contributed by atoms with Gasteiger partial charge in [-0.1, -0.05) is 29.8 Å². The van der Waals surface area contributed by atoms with Gasteiger partial charge in [0.1, 0.15) is 47.4 Å². The van der Waals surface area contributed by atoms with Crippen molar-refractivity contribution in [1.82, 2.24) is 0 Å². The predicted octanol–water partition coefficient (Wildman–Crippen LogP) is 4.13. The van der Waals surface area contributed by atoms with Gasteiger partial charge in [-0.2, -0.15) is 0 Å². The van der Waals surface area contributed by atoms with Crippen LogP contribution < -0.4 is 14.9 Å². The number of ether oxygens (including phenoxy) is 4. The van der Waals surface area contributed by atoms with Crippen LogP contribution in [0.25, 0.3) is 28.2 Å². The Morgan fingerprint density at radius 3 is 2.47 bits per heavy atom. The summed E-state index contributed by atoms with van der Waals surface area (Å²) in [6, 6.07) is 16.0. The minimum atomic E-state index is -1.66. The van der Waals surface area contributed by atoms with Crippen LogP contribution in [0, 0.1) is 0 Å². The molecule has 3 aromatic carbocycles. The van der Waals surface area contributed by atoms with Crippen LogP contribution in [-0.2, 0) is 20.7 Å². The molecule has 0 unspecified atom stereocenters. The Hall–Kier alpha value is -4.94. The largest absolute Gasteiger partial charge is 0.508 e. The minimum Gasteiger partial charge on any atom is -0.508 e. The maximum Gasteiger partial charge on any atom is 0.331 e. The number of fused-ring (bicyclic) bond motifs is 1. The third kappa shape index (κ3) is 7.72. The summed E-state index contributed by atoms with van der Waals surface area (Å²) >= 11 is 0. The second-order valence-corrected chi connectivity index (χ2v) is 11.3. The lowest BCUT2D eigenvalue weighted by Crippen LogP contribution is -2.61. The van der Waals surface area contributed by atoms with E-state index in [0.717, 1.165) is 17.2 Å². The molecule has 1 saturated heterocycles. The molecule has 246 valence electrons. The molecule has 0 spiro atoms. The van der Waals surface area contributed by atoms with Crippen LogP contribution in [0.1, 0.15) is 25.0 Å². The van der Waals surface area contributed by atoms with Gasteiger partial charge < -0.3 is 43.8 Å². The number of benzene rings is 3. The van der Waals surface area contributed by atoms with Crippen molar-refractivity contribution in [2.75, 3.05) is 13.7 Å². The Morgan fingerprint density at radius 1 is 1.00 bits per heavy atom. The van der Waals surface area contributed by atoms with E-state index in [9.17, 15) is 30.0 Å². The molecule has 1 aliphatic rings. The van der Waals surface area contributed by atoms with E-state index >= 15 is 0 Å². The van der Waals surface area contributed by atoms with E-state index in [-0.39, 0.29) is 27.9 Å². The Balaban J connectivity index is 1.39. The molecule has 47 heavy (non-hydrogen) atoms. The molecule has 0 amide bonds. The van der Waals surface area contributed by atoms with Crippen LogP contribution in [0.4, 0.5) is 0 Å². The van der Waals surface area contributed by atoms with Crippen LogP contribution in [-0.4, -0.2) is 70.8 Å². The van der Waals surface area contributed by atoms with Gasteiger partial charge in [0.05, 0.1) is 24.7 Å². The summed E-state index contributed by atoms with van der Waals surface area (Å²) in [4.78, 5) is 26.2. The van der Waals surface area contributed by atoms with Gasteiger partial charge in [-0.25, -0.2) is 4.79 Å². The molecule has 11 heteroatoms. The van der Waals surface area contributed by atoms with E-state index < -0.39 is 43.3 Å². The first-order valence-corrected chi connectivity index (χ1v) is 14.9. The summed E-state index contributed by atoms with van der Waals surface area (Å²) in [6.45, 7) is 3.37. The molecular formula is C36H36O11. The summed E-state index contributed by atoms with van der Waals surface area (Å²) in [5.74, 6) is 0.0533. The molecule has 5 atom stereocenters. The van der Waals surface area contributed by atoms with E-state index in [2.05, 4.69) is 6.08 Å². The van der Waals surface area contributed by atoms with Gasteiger partial charge in [-0.05, 0) is 79.4 Å². The van der Waals surface area contributed by atoms with Gasteiger partial charge in [0.25, 0.3) is 0 Å². The first-order valence-electron chi connectivity index (χ1n) is 14.9. The molecule has 0 saturated carbocycles. The van der Waals surface area contributed by atoms with Crippen molar-refractivity contribution in [3.05, 3.63) is 106 Å². The SMILES string of the molecule is COc1ccc(-c2coc3cc(O[C@@H]4O[C@H](CO)[C@@H](O)[C@H](O)[C@H]4OC(=O)C=Cc4ccc(O)cc4)ccc3c2=O)cc1CC=C(C)C. The second-order valence-electron chi connectivity index (χ2n) is 11.3. The number of aliphatic hydroxyl groups excluding tert-OH is 3. The molecule has 4 N–H and O–H groups in total. The normalized spacial score (nSPS) is 21.0. The minimum absolute atomic E-state index is 0.0644. The van der Waals surface area contributed by atoms with Gasteiger partial charge in [0.2, 0.25) is 6.29 Å². The zero-order valence-electron chi connectivity index (χ0n) is 26.0. The standard InChI is InChI=1S/C36H36O11/c1-20(2)4-8-23-16-22(9-14-28(23)43-3)27-19-44-29-17-25(12-13-26(29)32(27)40)45-36-35(34(42)33(41)30(18-37)46-36)47-31(39)15-7-21-5-10-24(38)11-6-21/h4-7,9-17,19,30,33-38,41-42H,8,18H2,1-3H3/t30-,33-,34+,35-,36-/m1/s1. The van der Waals surface area contributed by atoms with E-state index in [1.54, 1.807) is 25.3 Å². The summed E-state index contributed by atoms with van der Waals surface area (Å²) in [5.41, 5.74) is 3.64. The Labute approximate surface area is 270 Å². The molecule has 0 bridgehead atoms. The summed E-state index contributed by atoms with van der Waals surface area (Å²) in [6.07, 6.45) is -0.789. The summed E-state index contributed by atoms with van der Waals surface area (Å²) < 4.78 is 28.4. The number of methoxy groups -OCH3 is 1. The first kappa shape index (κ1) is 33.4. The number of carbonyl (C=O) groups is 1. The highest BCUT2D eigenvalue weighted by Crippen LogP contribution is 2.30. The maximum absolute atomic E-state index is 13.5.